The quantitative estimate of drug-likeness (QED) is 0.0451. The number of unbranched alkanes of at least 4 members (excludes halogenated alkanes) is 20. The van der Waals surface area contributed by atoms with Crippen molar-refractivity contribution in [1.82, 2.24) is 0 Å². The van der Waals surface area contributed by atoms with Gasteiger partial charge in [-0.15, -0.1) is 0 Å². The zero-order chi connectivity index (χ0) is 31.3. The number of ether oxygens (including phenoxy) is 2. The Morgan fingerprint density at radius 1 is 0.558 bits per heavy atom. The molecule has 0 rings (SSSR count). The second-order valence-corrected chi connectivity index (χ2v) is 12.3. The molecule has 0 aromatic heterocycles. The van der Waals surface area contributed by atoms with Crippen molar-refractivity contribution in [3.63, 3.8) is 0 Å². The van der Waals surface area contributed by atoms with E-state index in [0.29, 0.717) is 13.0 Å². The standard InChI is InChI=1S/C39H72O4/c1-3-5-7-9-11-13-15-17-18-19-20-21-23-25-27-29-31-33-35-42-37-38(36-40)43-39(41)34-32-30-28-26-24-22-16-14-12-10-8-6-4-2/h8,10,14,16-18,38,40H,3-7,9,11-13,15,19-37H2,1-2H3/b10-8-,16-14-,18-17-. The van der Waals surface area contributed by atoms with Crippen LogP contribution < -0.4 is 0 Å². The zero-order valence-corrected chi connectivity index (χ0v) is 28.7. The van der Waals surface area contributed by atoms with E-state index in [1.54, 1.807) is 0 Å². The van der Waals surface area contributed by atoms with Gasteiger partial charge in [-0.1, -0.05) is 147 Å². The second-order valence-electron chi connectivity index (χ2n) is 12.3. The van der Waals surface area contributed by atoms with Crippen LogP contribution in [0.4, 0.5) is 0 Å². The third kappa shape index (κ3) is 35.0. The van der Waals surface area contributed by atoms with Gasteiger partial charge >= 0.3 is 5.97 Å². The molecular weight excluding hydrogens is 532 g/mol. The van der Waals surface area contributed by atoms with Crippen LogP contribution >= 0.6 is 0 Å². The summed E-state index contributed by atoms with van der Waals surface area (Å²) in [7, 11) is 0. The normalized spacial score (nSPS) is 12.7. The van der Waals surface area contributed by atoms with Gasteiger partial charge in [0.1, 0.15) is 6.10 Å². The van der Waals surface area contributed by atoms with E-state index in [-0.39, 0.29) is 19.2 Å². The smallest absolute Gasteiger partial charge is 0.306 e. The van der Waals surface area contributed by atoms with Gasteiger partial charge in [0.05, 0.1) is 13.2 Å². The van der Waals surface area contributed by atoms with Crippen molar-refractivity contribution in [2.75, 3.05) is 19.8 Å². The van der Waals surface area contributed by atoms with Gasteiger partial charge in [0.15, 0.2) is 0 Å². The molecule has 252 valence electrons. The summed E-state index contributed by atoms with van der Waals surface area (Å²) in [5.41, 5.74) is 0. The first-order valence-corrected chi connectivity index (χ1v) is 18.6. The molecule has 0 aromatic rings. The second kappa shape index (κ2) is 36.8. The van der Waals surface area contributed by atoms with E-state index in [0.717, 1.165) is 38.5 Å². The van der Waals surface area contributed by atoms with E-state index >= 15 is 0 Å². The van der Waals surface area contributed by atoms with Crippen molar-refractivity contribution in [1.29, 1.82) is 0 Å². The largest absolute Gasteiger partial charge is 0.457 e. The van der Waals surface area contributed by atoms with Crippen molar-refractivity contribution in [3.05, 3.63) is 36.5 Å². The van der Waals surface area contributed by atoms with Gasteiger partial charge in [0.25, 0.3) is 0 Å². The highest BCUT2D eigenvalue weighted by atomic mass is 16.6. The minimum atomic E-state index is -0.540. The van der Waals surface area contributed by atoms with Crippen LogP contribution in [0.25, 0.3) is 0 Å². The fraction of sp³-hybridized carbons (Fsp3) is 0.821. The third-order valence-corrected chi connectivity index (χ3v) is 7.92. The Morgan fingerprint density at radius 3 is 1.56 bits per heavy atom. The van der Waals surface area contributed by atoms with Gasteiger partial charge in [-0.2, -0.15) is 0 Å². The van der Waals surface area contributed by atoms with Crippen molar-refractivity contribution in [2.24, 2.45) is 0 Å². The van der Waals surface area contributed by atoms with Crippen LogP contribution in [0.3, 0.4) is 0 Å². The van der Waals surface area contributed by atoms with E-state index in [1.807, 2.05) is 0 Å². The maximum absolute atomic E-state index is 12.1. The van der Waals surface area contributed by atoms with Gasteiger partial charge < -0.3 is 14.6 Å². The number of hydrogen-bond acceptors (Lipinski definition) is 4. The van der Waals surface area contributed by atoms with E-state index in [4.69, 9.17) is 9.47 Å². The summed E-state index contributed by atoms with van der Waals surface area (Å²) >= 11 is 0. The summed E-state index contributed by atoms with van der Waals surface area (Å²) in [5.74, 6) is -0.217. The fourth-order valence-corrected chi connectivity index (χ4v) is 5.12. The van der Waals surface area contributed by atoms with Gasteiger partial charge in [-0.3, -0.25) is 4.79 Å². The molecule has 0 radical (unpaired) electrons. The van der Waals surface area contributed by atoms with Crippen LogP contribution in [0.5, 0.6) is 0 Å². The Bertz CT molecular complexity index is 639. The Hall–Kier alpha value is -1.39. The lowest BCUT2D eigenvalue weighted by molar-refractivity contribution is -0.154. The topological polar surface area (TPSA) is 55.8 Å². The number of rotatable bonds is 34. The Kier molecular flexibility index (Phi) is 35.6. The number of esters is 1. The number of allylic oxidation sites excluding steroid dienone is 6. The van der Waals surface area contributed by atoms with Crippen LogP contribution in [0, 0.1) is 0 Å². The SMILES string of the molecule is CCC/C=C\C/C=C\CCCCCCCC(=O)OC(CO)COCCCCCCCCCC/C=C\CCCCCCCC. The molecule has 0 aliphatic rings. The molecule has 0 bridgehead atoms. The summed E-state index contributed by atoms with van der Waals surface area (Å²) in [4.78, 5) is 12.1. The molecule has 0 aliphatic carbocycles. The van der Waals surface area contributed by atoms with Gasteiger partial charge in [-0.05, 0) is 64.2 Å². The molecule has 0 aromatic carbocycles. The highest BCUT2D eigenvalue weighted by Crippen LogP contribution is 2.12. The maximum Gasteiger partial charge on any atom is 0.306 e. The predicted octanol–water partition coefficient (Wildman–Crippen LogP) is 11.8. The van der Waals surface area contributed by atoms with E-state index in [2.05, 4.69) is 50.3 Å². The summed E-state index contributed by atoms with van der Waals surface area (Å²) < 4.78 is 11.1. The molecule has 0 amide bonds. The summed E-state index contributed by atoms with van der Waals surface area (Å²) in [6.07, 6.45) is 44.7. The molecule has 4 heteroatoms. The highest BCUT2D eigenvalue weighted by molar-refractivity contribution is 5.69. The molecule has 0 saturated heterocycles. The van der Waals surface area contributed by atoms with Crippen LogP contribution in [0.15, 0.2) is 36.5 Å². The molecule has 0 fully saturated rings. The lowest BCUT2D eigenvalue weighted by atomic mass is 10.1. The van der Waals surface area contributed by atoms with Gasteiger partial charge in [-0.25, -0.2) is 0 Å². The molecular formula is C39H72O4. The lowest BCUT2D eigenvalue weighted by Crippen LogP contribution is -2.27. The summed E-state index contributed by atoms with van der Waals surface area (Å²) in [6.45, 7) is 5.26. The average molecular weight is 605 g/mol. The summed E-state index contributed by atoms with van der Waals surface area (Å²) in [5, 5.41) is 9.55. The molecule has 1 unspecified atom stereocenters. The van der Waals surface area contributed by atoms with Crippen molar-refractivity contribution < 1.29 is 19.4 Å². The maximum atomic E-state index is 12.1. The monoisotopic (exact) mass is 605 g/mol. The first-order chi connectivity index (χ1) is 21.2. The number of aliphatic hydroxyl groups is 1. The van der Waals surface area contributed by atoms with Crippen molar-refractivity contribution >= 4 is 5.97 Å². The molecule has 4 nitrogen and oxygen atoms in total. The van der Waals surface area contributed by atoms with Crippen LogP contribution in [0.2, 0.25) is 0 Å². The van der Waals surface area contributed by atoms with Gasteiger partial charge in [0.2, 0.25) is 0 Å². The van der Waals surface area contributed by atoms with Crippen molar-refractivity contribution in [2.45, 2.75) is 187 Å². The Labute approximate surface area is 268 Å². The first-order valence-electron chi connectivity index (χ1n) is 18.6. The number of aliphatic hydroxyl groups excluding tert-OH is 1. The molecule has 0 aliphatic heterocycles. The molecule has 43 heavy (non-hydrogen) atoms. The molecule has 1 N–H and O–H groups in total. The first kappa shape index (κ1) is 41.6. The highest BCUT2D eigenvalue weighted by Gasteiger charge is 2.13. The molecule has 0 spiro atoms. The van der Waals surface area contributed by atoms with E-state index < -0.39 is 6.10 Å². The average Bonchev–Trinajstić information content (AvgIpc) is 3.01. The van der Waals surface area contributed by atoms with Crippen LogP contribution in [0.1, 0.15) is 181 Å². The minimum absolute atomic E-state index is 0.178. The van der Waals surface area contributed by atoms with Crippen LogP contribution in [-0.4, -0.2) is 37.0 Å². The fourth-order valence-electron chi connectivity index (χ4n) is 5.12. The summed E-state index contributed by atoms with van der Waals surface area (Å²) in [6, 6.07) is 0. The molecule has 1 atom stereocenters. The van der Waals surface area contributed by atoms with E-state index in [1.165, 1.54) is 122 Å². The minimum Gasteiger partial charge on any atom is -0.457 e. The molecule has 0 heterocycles. The molecule has 0 saturated carbocycles. The predicted molar refractivity (Wildman–Crippen MR) is 187 cm³/mol. The van der Waals surface area contributed by atoms with E-state index in [9.17, 15) is 9.90 Å². The Morgan fingerprint density at radius 2 is 1.02 bits per heavy atom. The Balaban J connectivity index is 3.45. The number of carbonyl (C=O) groups is 1. The van der Waals surface area contributed by atoms with Crippen LogP contribution in [-0.2, 0) is 14.3 Å². The third-order valence-electron chi connectivity index (χ3n) is 7.92. The zero-order valence-electron chi connectivity index (χ0n) is 28.7. The number of carbonyl (C=O) groups excluding carboxylic acids is 1. The lowest BCUT2D eigenvalue weighted by Gasteiger charge is -2.15. The van der Waals surface area contributed by atoms with Gasteiger partial charge in [0, 0.05) is 13.0 Å². The number of hydrogen-bond donors (Lipinski definition) is 1. The van der Waals surface area contributed by atoms with Crippen molar-refractivity contribution in [3.8, 4) is 0 Å².